The molecule has 1 aromatic carbocycles. The number of amides is 2. The second kappa shape index (κ2) is 8.99. The Bertz CT molecular complexity index is 1030. The number of primary sulfonamides is 1. The maximum atomic E-state index is 12.6. The number of nitrogens with two attached hydrogens (primary N) is 1. The van der Waals surface area contributed by atoms with Crippen LogP contribution in [0.2, 0.25) is 0 Å². The van der Waals surface area contributed by atoms with Crippen molar-refractivity contribution in [2.24, 2.45) is 5.14 Å². The molecule has 9 nitrogen and oxygen atoms in total. The van der Waals surface area contributed by atoms with Crippen LogP contribution < -0.4 is 15.8 Å². The molecule has 0 spiro atoms. The summed E-state index contributed by atoms with van der Waals surface area (Å²) in [6.45, 7) is 4.91. The van der Waals surface area contributed by atoms with Gasteiger partial charge in [-0.2, -0.15) is 0 Å². The number of benzene rings is 1. The average molecular weight is 435 g/mol. The summed E-state index contributed by atoms with van der Waals surface area (Å²) >= 11 is 0. The molecule has 10 heteroatoms. The first-order chi connectivity index (χ1) is 14.1. The molecule has 1 atom stereocenters. The smallest absolute Gasteiger partial charge is 0.287 e. The zero-order chi connectivity index (χ0) is 21.9. The van der Waals surface area contributed by atoms with E-state index in [2.05, 4.69) is 10.6 Å². The van der Waals surface area contributed by atoms with Crippen LogP contribution in [-0.4, -0.2) is 50.3 Å². The Morgan fingerprint density at radius 2 is 1.93 bits per heavy atom. The fraction of sp³-hybridized carbons (Fsp3) is 0.400. The van der Waals surface area contributed by atoms with Crippen molar-refractivity contribution in [2.75, 3.05) is 18.4 Å². The number of hydrogen-bond donors (Lipinski definition) is 3. The predicted octanol–water partition coefficient (Wildman–Crippen LogP) is 1.46. The van der Waals surface area contributed by atoms with Gasteiger partial charge in [0, 0.05) is 30.4 Å². The van der Waals surface area contributed by atoms with Gasteiger partial charge in [-0.25, -0.2) is 13.6 Å². The molecule has 0 saturated carbocycles. The molecule has 0 radical (unpaired) electrons. The molecule has 30 heavy (non-hydrogen) atoms. The Hall–Kier alpha value is -2.69. The number of sulfonamides is 1. The number of likely N-dealkylation sites (tertiary alicyclic amines) is 1. The second-order valence-electron chi connectivity index (χ2n) is 7.45. The van der Waals surface area contributed by atoms with Gasteiger partial charge in [-0.05, 0) is 51.0 Å². The van der Waals surface area contributed by atoms with Gasteiger partial charge in [-0.3, -0.25) is 14.5 Å². The first-order valence-electron chi connectivity index (χ1n) is 9.68. The van der Waals surface area contributed by atoms with Crippen LogP contribution in [0.25, 0.3) is 0 Å². The predicted molar refractivity (Wildman–Crippen MR) is 111 cm³/mol. The van der Waals surface area contributed by atoms with Crippen LogP contribution in [0, 0.1) is 6.92 Å². The molecular formula is C20H26N4O5S. The molecule has 0 bridgehead atoms. The number of carbonyl (C=O) groups is 2. The van der Waals surface area contributed by atoms with Gasteiger partial charge in [0.2, 0.25) is 15.9 Å². The number of anilines is 1. The molecule has 1 aromatic heterocycles. The van der Waals surface area contributed by atoms with Gasteiger partial charge < -0.3 is 15.1 Å². The van der Waals surface area contributed by atoms with E-state index in [0.717, 1.165) is 5.56 Å². The third-order valence-corrected chi connectivity index (χ3v) is 6.20. The molecule has 1 fully saturated rings. The van der Waals surface area contributed by atoms with Crippen molar-refractivity contribution in [1.82, 2.24) is 10.2 Å². The van der Waals surface area contributed by atoms with Crippen LogP contribution in [0.4, 0.5) is 5.69 Å². The van der Waals surface area contributed by atoms with Crippen molar-refractivity contribution in [2.45, 2.75) is 43.7 Å². The van der Waals surface area contributed by atoms with Gasteiger partial charge in [0.25, 0.3) is 5.91 Å². The summed E-state index contributed by atoms with van der Waals surface area (Å²) in [6.07, 6.45) is 2.92. The zero-order valence-corrected chi connectivity index (χ0v) is 17.7. The third-order valence-electron chi connectivity index (χ3n) is 5.29. The van der Waals surface area contributed by atoms with E-state index in [1.165, 1.54) is 24.5 Å². The number of hydrogen-bond acceptors (Lipinski definition) is 6. The van der Waals surface area contributed by atoms with Crippen molar-refractivity contribution in [3.8, 4) is 0 Å². The van der Waals surface area contributed by atoms with Crippen molar-refractivity contribution < 1.29 is 22.4 Å². The number of furan rings is 1. The summed E-state index contributed by atoms with van der Waals surface area (Å²) in [7, 11) is -3.84. The summed E-state index contributed by atoms with van der Waals surface area (Å²) < 4.78 is 28.2. The number of carbonyl (C=O) groups excluding carboxylic acids is 2. The average Bonchev–Trinajstić information content (AvgIpc) is 3.13. The summed E-state index contributed by atoms with van der Waals surface area (Å²) in [4.78, 5) is 26.9. The zero-order valence-electron chi connectivity index (χ0n) is 16.9. The van der Waals surface area contributed by atoms with Crippen LogP contribution in [-0.2, 0) is 14.8 Å². The lowest BCUT2D eigenvalue weighted by molar-refractivity contribution is -0.121. The quantitative estimate of drug-likeness (QED) is 0.630. The van der Waals surface area contributed by atoms with E-state index in [0.29, 0.717) is 37.4 Å². The van der Waals surface area contributed by atoms with Gasteiger partial charge in [-0.1, -0.05) is 6.07 Å². The highest BCUT2D eigenvalue weighted by molar-refractivity contribution is 7.89. The van der Waals surface area contributed by atoms with Crippen molar-refractivity contribution in [3.63, 3.8) is 0 Å². The number of rotatable bonds is 6. The van der Waals surface area contributed by atoms with Crippen LogP contribution in [0.15, 0.2) is 45.9 Å². The molecule has 3 rings (SSSR count). The Morgan fingerprint density at radius 3 is 2.53 bits per heavy atom. The second-order valence-corrected chi connectivity index (χ2v) is 9.02. The number of aryl methyl sites for hydroxylation is 1. The summed E-state index contributed by atoms with van der Waals surface area (Å²) in [5, 5.41) is 10.9. The lowest BCUT2D eigenvalue weighted by atomic mass is 10.0. The lowest BCUT2D eigenvalue weighted by Crippen LogP contribution is -2.50. The third kappa shape index (κ3) is 5.26. The number of nitrogens with one attached hydrogen (secondary N) is 2. The monoisotopic (exact) mass is 434 g/mol. The van der Waals surface area contributed by atoms with E-state index in [9.17, 15) is 18.0 Å². The summed E-state index contributed by atoms with van der Waals surface area (Å²) in [6, 6.07) is 7.19. The normalized spacial score (nSPS) is 16.8. The molecule has 2 aromatic rings. The number of piperidine rings is 1. The van der Waals surface area contributed by atoms with Crippen molar-refractivity contribution in [3.05, 3.63) is 47.9 Å². The Labute approximate surface area is 175 Å². The summed E-state index contributed by atoms with van der Waals surface area (Å²) in [5.41, 5.74) is 1.16. The highest BCUT2D eigenvalue weighted by Crippen LogP contribution is 2.18. The van der Waals surface area contributed by atoms with Crippen molar-refractivity contribution >= 4 is 27.5 Å². The minimum Gasteiger partial charge on any atom is -0.459 e. The van der Waals surface area contributed by atoms with E-state index < -0.39 is 16.1 Å². The summed E-state index contributed by atoms with van der Waals surface area (Å²) in [5.74, 6) is -0.140. The molecule has 1 aliphatic rings. The van der Waals surface area contributed by atoms with Crippen LogP contribution in [0.5, 0.6) is 0 Å². The van der Waals surface area contributed by atoms with Crippen LogP contribution in [0.3, 0.4) is 0 Å². The topological polar surface area (TPSA) is 135 Å². The van der Waals surface area contributed by atoms with Crippen molar-refractivity contribution in [1.29, 1.82) is 0 Å². The lowest BCUT2D eigenvalue weighted by Gasteiger charge is -2.35. The van der Waals surface area contributed by atoms with E-state index in [1.54, 1.807) is 19.1 Å². The largest absolute Gasteiger partial charge is 0.459 e. The SMILES string of the molecule is Cc1ccoc1C(=O)NC1CCN(C(C)C(=O)Nc2cccc(S(N)(=O)=O)c2)CC1. The first-order valence-corrected chi connectivity index (χ1v) is 11.2. The van der Waals surface area contributed by atoms with Gasteiger partial charge >= 0.3 is 0 Å². The van der Waals surface area contributed by atoms with Crippen LogP contribution in [0.1, 0.15) is 35.9 Å². The molecule has 1 aliphatic heterocycles. The highest BCUT2D eigenvalue weighted by atomic mass is 32.2. The van der Waals surface area contributed by atoms with Crippen LogP contribution >= 0.6 is 0 Å². The molecule has 1 saturated heterocycles. The Kier molecular flexibility index (Phi) is 6.59. The fourth-order valence-electron chi connectivity index (χ4n) is 3.45. The Morgan fingerprint density at radius 1 is 1.23 bits per heavy atom. The highest BCUT2D eigenvalue weighted by Gasteiger charge is 2.28. The standard InChI is InChI=1S/C20H26N4O5S/c1-13-8-11-29-18(13)20(26)22-15-6-9-24(10-7-15)14(2)19(25)23-16-4-3-5-17(12-16)30(21,27)28/h3-5,8,11-12,14-15H,6-7,9-10H2,1-2H3,(H,22,26)(H,23,25)(H2,21,27,28). The van der Waals surface area contributed by atoms with E-state index in [4.69, 9.17) is 9.56 Å². The van der Waals surface area contributed by atoms with E-state index >= 15 is 0 Å². The maximum absolute atomic E-state index is 12.6. The number of nitrogens with zero attached hydrogens (tertiary/aromatic N) is 1. The molecule has 4 N–H and O–H groups in total. The molecule has 2 amide bonds. The van der Waals surface area contributed by atoms with E-state index in [1.807, 2.05) is 11.8 Å². The Balaban J connectivity index is 1.52. The minimum atomic E-state index is -3.84. The van der Waals surface area contributed by atoms with Gasteiger partial charge in [0.05, 0.1) is 17.2 Å². The minimum absolute atomic E-state index is 0.0138. The van der Waals surface area contributed by atoms with Gasteiger partial charge in [0.15, 0.2) is 5.76 Å². The maximum Gasteiger partial charge on any atom is 0.287 e. The first kappa shape index (κ1) is 22.0. The van der Waals surface area contributed by atoms with Gasteiger partial charge in [-0.15, -0.1) is 0 Å². The molecule has 1 unspecified atom stereocenters. The van der Waals surface area contributed by atoms with E-state index in [-0.39, 0.29) is 22.8 Å². The molecular weight excluding hydrogens is 408 g/mol. The van der Waals surface area contributed by atoms with Gasteiger partial charge in [0.1, 0.15) is 0 Å². The fourth-order valence-corrected chi connectivity index (χ4v) is 4.01. The molecule has 2 heterocycles. The molecule has 0 aliphatic carbocycles. The molecule has 162 valence electrons.